The maximum atomic E-state index is 12.1. The Hall–Kier alpha value is -2.20. The topological polar surface area (TPSA) is 59.1 Å². The highest BCUT2D eigenvalue weighted by Gasteiger charge is 2.38. The summed E-state index contributed by atoms with van der Waals surface area (Å²) in [6.07, 6.45) is 5.48. The van der Waals surface area contributed by atoms with E-state index >= 15 is 0 Å². The molecule has 112 valence electrons. The molecular formula is C17H15ClN2O2. The Bertz CT molecular complexity index is 709. The van der Waals surface area contributed by atoms with E-state index in [-0.39, 0.29) is 11.3 Å². The molecule has 5 heteroatoms. The van der Waals surface area contributed by atoms with Crippen LogP contribution in [0.15, 0.2) is 42.6 Å². The van der Waals surface area contributed by atoms with Gasteiger partial charge in [0.25, 0.3) is 5.91 Å². The van der Waals surface area contributed by atoms with Crippen molar-refractivity contribution < 1.29 is 9.59 Å². The zero-order valence-electron chi connectivity index (χ0n) is 11.9. The number of carbonyl (C=O) groups excluding carboxylic acids is 2. The third kappa shape index (κ3) is 2.74. The van der Waals surface area contributed by atoms with Crippen molar-refractivity contribution in [1.82, 2.24) is 4.98 Å². The Balaban J connectivity index is 1.74. The molecule has 1 fully saturated rings. The van der Waals surface area contributed by atoms with E-state index < -0.39 is 0 Å². The van der Waals surface area contributed by atoms with Crippen LogP contribution in [0.1, 0.15) is 35.2 Å². The van der Waals surface area contributed by atoms with Crippen molar-refractivity contribution in [2.45, 2.75) is 24.7 Å². The van der Waals surface area contributed by atoms with E-state index in [4.69, 9.17) is 11.6 Å². The van der Waals surface area contributed by atoms with Crippen LogP contribution in [0.25, 0.3) is 0 Å². The highest BCUT2D eigenvalue weighted by atomic mass is 35.5. The van der Waals surface area contributed by atoms with Gasteiger partial charge in [0.2, 0.25) is 0 Å². The number of aldehydes is 1. The van der Waals surface area contributed by atoms with E-state index in [0.29, 0.717) is 16.4 Å². The van der Waals surface area contributed by atoms with E-state index in [9.17, 15) is 9.59 Å². The summed E-state index contributed by atoms with van der Waals surface area (Å²) in [5.74, 6) is 0.186. The molecule has 0 aliphatic heterocycles. The lowest BCUT2D eigenvalue weighted by molar-refractivity contribution is -0.115. The monoisotopic (exact) mass is 314 g/mol. The molecule has 1 aliphatic rings. The second-order valence-electron chi connectivity index (χ2n) is 5.52. The van der Waals surface area contributed by atoms with Crippen molar-refractivity contribution in [2.75, 3.05) is 5.32 Å². The quantitative estimate of drug-likeness (QED) is 0.877. The van der Waals surface area contributed by atoms with Gasteiger partial charge in [-0.05, 0) is 42.7 Å². The average Bonchev–Trinajstić information content (AvgIpc) is 2.48. The predicted molar refractivity (Wildman–Crippen MR) is 85.2 cm³/mol. The zero-order chi connectivity index (χ0) is 15.6. The molecule has 1 heterocycles. The number of nitrogens with one attached hydrogen (secondary N) is 1. The zero-order valence-corrected chi connectivity index (χ0v) is 12.6. The number of nitrogens with zero attached hydrogens (tertiary/aromatic N) is 1. The van der Waals surface area contributed by atoms with Gasteiger partial charge in [-0.1, -0.05) is 30.2 Å². The summed E-state index contributed by atoms with van der Waals surface area (Å²) >= 11 is 5.87. The number of pyridine rings is 1. The van der Waals surface area contributed by atoms with Crippen LogP contribution >= 0.6 is 11.6 Å². The van der Waals surface area contributed by atoms with Crippen LogP contribution in [0, 0.1) is 0 Å². The Morgan fingerprint density at radius 1 is 1.27 bits per heavy atom. The Labute approximate surface area is 133 Å². The summed E-state index contributed by atoms with van der Waals surface area (Å²) in [5.41, 5.74) is 1.01. The van der Waals surface area contributed by atoms with Gasteiger partial charge in [-0.3, -0.25) is 4.79 Å². The molecule has 0 unspecified atom stereocenters. The fourth-order valence-electron chi connectivity index (χ4n) is 2.61. The first-order valence-corrected chi connectivity index (χ1v) is 7.51. The molecule has 0 atom stereocenters. The van der Waals surface area contributed by atoms with Crippen molar-refractivity contribution >= 4 is 29.6 Å². The maximum Gasteiger partial charge on any atom is 0.256 e. The SMILES string of the molecule is O=CC1(c2ccc(NC(=O)c3cccc(Cl)c3)nc2)CCC1. The van der Waals surface area contributed by atoms with E-state index in [0.717, 1.165) is 31.1 Å². The normalized spacial score (nSPS) is 15.7. The lowest BCUT2D eigenvalue weighted by atomic mass is 9.66. The van der Waals surface area contributed by atoms with Crippen molar-refractivity contribution in [2.24, 2.45) is 0 Å². The molecule has 0 saturated heterocycles. The third-order valence-electron chi connectivity index (χ3n) is 4.14. The van der Waals surface area contributed by atoms with Gasteiger partial charge < -0.3 is 10.1 Å². The first-order valence-electron chi connectivity index (χ1n) is 7.13. The average molecular weight is 315 g/mol. The fraction of sp³-hybridized carbons (Fsp3) is 0.235. The van der Waals surface area contributed by atoms with Crippen molar-refractivity contribution in [1.29, 1.82) is 0 Å². The molecule has 4 nitrogen and oxygen atoms in total. The summed E-state index contributed by atoms with van der Waals surface area (Å²) in [4.78, 5) is 27.6. The van der Waals surface area contributed by atoms with Crippen LogP contribution in [0.2, 0.25) is 5.02 Å². The van der Waals surface area contributed by atoms with Crippen molar-refractivity contribution in [3.8, 4) is 0 Å². The molecule has 2 aromatic rings. The minimum Gasteiger partial charge on any atom is -0.307 e. The summed E-state index contributed by atoms with van der Waals surface area (Å²) in [5, 5.41) is 3.23. The van der Waals surface area contributed by atoms with E-state index in [1.54, 1.807) is 36.5 Å². The standard InChI is InChI=1S/C17H15ClN2O2/c18-14-4-1-3-12(9-14)16(22)20-15-6-5-13(10-19-15)17(11-21)7-2-8-17/h1,3-6,9-11H,2,7-8H2,(H,19,20,22). The Morgan fingerprint density at radius 2 is 2.09 bits per heavy atom. The highest BCUT2D eigenvalue weighted by Crippen LogP contribution is 2.41. The first-order chi connectivity index (χ1) is 10.6. The first kappa shape index (κ1) is 14.7. The Morgan fingerprint density at radius 3 is 2.64 bits per heavy atom. The minimum absolute atomic E-state index is 0.267. The van der Waals surface area contributed by atoms with Crippen LogP contribution in [-0.4, -0.2) is 17.2 Å². The molecule has 0 bridgehead atoms. The summed E-state index contributed by atoms with van der Waals surface area (Å²) in [6.45, 7) is 0. The molecule has 1 saturated carbocycles. The van der Waals surface area contributed by atoms with Crippen LogP contribution in [0.4, 0.5) is 5.82 Å². The number of benzene rings is 1. The van der Waals surface area contributed by atoms with E-state index in [1.165, 1.54) is 0 Å². The van der Waals surface area contributed by atoms with Gasteiger partial charge >= 0.3 is 0 Å². The third-order valence-corrected chi connectivity index (χ3v) is 4.37. The Kier molecular flexibility index (Phi) is 3.94. The molecule has 3 rings (SSSR count). The van der Waals surface area contributed by atoms with Gasteiger partial charge in [-0.2, -0.15) is 0 Å². The molecule has 0 radical (unpaired) electrons. The number of anilines is 1. The second kappa shape index (κ2) is 5.89. The molecule has 1 aliphatic carbocycles. The number of carbonyl (C=O) groups is 2. The number of aromatic nitrogens is 1. The molecular weight excluding hydrogens is 300 g/mol. The summed E-state index contributed by atoms with van der Waals surface area (Å²) in [7, 11) is 0. The lowest BCUT2D eigenvalue weighted by Gasteiger charge is -2.36. The van der Waals surface area contributed by atoms with E-state index in [1.807, 2.05) is 6.07 Å². The van der Waals surface area contributed by atoms with Crippen LogP contribution in [0.3, 0.4) is 0 Å². The predicted octanol–water partition coefficient (Wildman–Crippen LogP) is 3.61. The summed E-state index contributed by atoms with van der Waals surface area (Å²) < 4.78 is 0. The molecule has 1 aromatic carbocycles. The molecule has 1 aromatic heterocycles. The fourth-order valence-corrected chi connectivity index (χ4v) is 2.80. The molecule has 1 amide bonds. The van der Waals surface area contributed by atoms with Crippen molar-refractivity contribution in [3.63, 3.8) is 0 Å². The van der Waals surface area contributed by atoms with Crippen LogP contribution in [-0.2, 0) is 10.2 Å². The smallest absolute Gasteiger partial charge is 0.256 e. The van der Waals surface area contributed by atoms with Gasteiger partial charge in [0.1, 0.15) is 12.1 Å². The summed E-state index contributed by atoms with van der Waals surface area (Å²) in [6, 6.07) is 10.3. The maximum absolute atomic E-state index is 12.1. The number of hydrogen-bond donors (Lipinski definition) is 1. The van der Waals surface area contributed by atoms with Gasteiger partial charge in [-0.15, -0.1) is 0 Å². The van der Waals surface area contributed by atoms with Gasteiger partial charge in [0.05, 0.1) is 5.41 Å². The highest BCUT2D eigenvalue weighted by molar-refractivity contribution is 6.31. The van der Waals surface area contributed by atoms with E-state index in [2.05, 4.69) is 10.3 Å². The number of hydrogen-bond acceptors (Lipinski definition) is 3. The van der Waals surface area contributed by atoms with Crippen LogP contribution in [0.5, 0.6) is 0 Å². The van der Waals surface area contributed by atoms with Gasteiger partial charge in [-0.25, -0.2) is 4.98 Å². The largest absolute Gasteiger partial charge is 0.307 e. The number of halogens is 1. The second-order valence-corrected chi connectivity index (χ2v) is 5.96. The molecule has 1 N–H and O–H groups in total. The van der Waals surface area contributed by atoms with Crippen LogP contribution < -0.4 is 5.32 Å². The minimum atomic E-state index is -0.373. The number of amides is 1. The number of rotatable bonds is 4. The molecule has 0 spiro atoms. The van der Waals surface area contributed by atoms with Gasteiger partial charge in [0.15, 0.2) is 0 Å². The van der Waals surface area contributed by atoms with Gasteiger partial charge in [0, 0.05) is 16.8 Å². The van der Waals surface area contributed by atoms with Crippen molar-refractivity contribution in [3.05, 3.63) is 58.7 Å². The lowest BCUT2D eigenvalue weighted by Crippen LogP contribution is -2.35. The molecule has 22 heavy (non-hydrogen) atoms.